The van der Waals surface area contributed by atoms with Crippen LogP contribution in [0.3, 0.4) is 0 Å². The summed E-state index contributed by atoms with van der Waals surface area (Å²) in [5, 5.41) is 9.18. The van der Waals surface area contributed by atoms with Crippen molar-refractivity contribution in [3.8, 4) is 11.1 Å². The summed E-state index contributed by atoms with van der Waals surface area (Å²) in [7, 11) is 1.64. The highest BCUT2D eigenvalue weighted by Gasteiger charge is 2.29. The number of carbonyl (C=O) groups is 4. The Balaban J connectivity index is 1.32. The molecule has 4 rings (SSSR count). The van der Waals surface area contributed by atoms with Crippen LogP contribution in [0.1, 0.15) is 60.5 Å². The Bertz CT molecular complexity index is 1480. The summed E-state index contributed by atoms with van der Waals surface area (Å²) in [6.07, 6.45) is 4.66. The number of urea groups is 1. The van der Waals surface area contributed by atoms with E-state index in [9.17, 15) is 19.2 Å². The first-order chi connectivity index (χ1) is 22.3. The molecular weight excluding hydrogens is 602 g/mol. The smallest absolute Gasteiger partial charge is 0.317 e. The molecule has 1 atom stereocenters. The zero-order valence-corrected chi connectivity index (χ0v) is 27.4. The van der Waals surface area contributed by atoms with Crippen molar-refractivity contribution in [2.75, 3.05) is 33.2 Å². The van der Waals surface area contributed by atoms with Crippen molar-refractivity contribution < 1.29 is 19.2 Å². The third-order valence-corrected chi connectivity index (χ3v) is 8.38. The molecule has 5 amide bonds. The molecule has 10 heteroatoms. The number of rotatable bonds is 13. The van der Waals surface area contributed by atoms with Gasteiger partial charge in [-0.25, -0.2) is 4.79 Å². The minimum absolute atomic E-state index is 0.0426. The molecule has 0 aromatic heterocycles. The predicted molar refractivity (Wildman–Crippen MR) is 182 cm³/mol. The van der Waals surface area contributed by atoms with Crippen LogP contribution >= 0.6 is 11.6 Å². The van der Waals surface area contributed by atoms with Gasteiger partial charge in [-0.05, 0) is 84.7 Å². The highest BCUT2D eigenvalue weighted by Crippen LogP contribution is 2.22. The molecule has 3 N–H and O–H groups in total. The van der Waals surface area contributed by atoms with Gasteiger partial charge in [0.15, 0.2) is 0 Å². The largest absolute Gasteiger partial charge is 0.354 e. The number of nitrogens with one attached hydrogen (secondary N) is 3. The van der Waals surface area contributed by atoms with Gasteiger partial charge in [0.25, 0.3) is 5.91 Å². The molecule has 1 aliphatic rings. The number of carbonyl (C=O) groups excluding carboxylic acids is 4. The Morgan fingerprint density at radius 3 is 2.43 bits per heavy atom. The average molecular weight is 646 g/mol. The molecule has 244 valence electrons. The summed E-state index contributed by atoms with van der Waals surface area (Å²) in [5.74, 6) is -0.793. The summed E-state index contributed by atoms with van der Waals surface area (Å²) >= 11 is 5.93. The lowest BCUT2D eigenvalue weighted by molar-refractivity contribution is -0.137. The van der Waals surface area contributed by atoms with Crippen LogP contribution in [0.5, 0.6) is 0 Å². The molecular formula is C36H44ClN5O4. The maximum absolute atomic E-state index is 13.3. The fourth-order valence-electron chi connectivity index (χ4n) is 5.51. The van der Waals surface area contributed by atoms with Crippen molar-refractivity contribution in [3.05, 3.63) is 94.5 Å². The highest BCUT2D eigenvalue weighted by molar-refractivity contribution is 6.30. The molecule has 1 unspecified atom stereocenters. The molecule has 0 spiro atoms. The minimum atomic E-state index is -0.691. The van der Waals surface area contributed by atoms with E-state index in [1.165, 1.54) is 0 Å². The fraction of sp³-hybridized carbons (Fsp3) is 0.389. The van der Waals surface area contributed by atoms with Crippen LogP contribution < -0.4 is 16.0 Å². The minimum Gasteiger partial charge on any atom is -0.354 e. The second kappa shape index (κ2) is 17.4. The standard InChI is InChI=1S/C36H44ClN5O4/c1-3-4-21-42(36(46)38-2)24-27-8-7-9-30(23-27)28-13-15-29(16-14-28)34(44)40-32-10-5-6-22-41(35(32)45)25-33(43)39-20-19-26-11-17-31(37)18-12-26/h7-9,11-18,23,32H,3-6,10,19-22,24-25H2,1-2H3,(H,38,46)(H,39,43)(H,40,44). The van der Waals surface area contributed by atoms with E-state index in [-0.39, 0.29) is 30.3 Å². The Kier molecular flexibility index (Phi) is 13.0. The first-order valence-corrected chi connectivity index (χ1v) is 16.4. The molecule has 3 aromatic carbocycles. The van der Waals surface area contributed by atoms with Crippen LogP contribution in [0.15, 0.2) is 72.8 Å². The van der Waals surface area contributed by atoms with E-state index in [0.717, 1.165) is 47.9 Å². The second-order valence-electron chi connectivity index (χ2n) is 11.6. The third-order valence-electron chi connectivity index (χ3n) is 8.13. The van der Waals surface area contributed by atoms with Crippen LogP contribution in [0.2, 0.25) is 5.02 Å². The van der Waals surface area contributed by atoms with Crippen LogP contribution in [-0.4, -0.2) is 72.8 Å². The van der Waals surface area contributed by atoms with Crippen molar-refractivity contribution in [1.29, 1.82) is 0 Å². The normalized spacial score (nSPS) is 14.7. The zero-order valence-electron chi connectivity index (χ0n) is 26.7. The summed E-state index contributed by atoms with van der Waals surface area (Å²) in [6.45, 7) is 4.18. The van der Waals surface area contributed by atoms with Crippen LogP contribution in [0.4, 0.5) is 4.79 Å². The quantitative estimate of drug-likeness (QED) is 0.231. The zero-order chi connectivity index (χ0) is 32.9. The number of hydrogen-bond acceptors (Lipinski definition) is 4. The van der Waals surface area contributed by atoms with Gasteiger partial charge in [-0.2, -0.15) is 0 Å². The van der Waals surface area contributed by atoms with Gasteiger partial charge in [-0.15, -0.1) is 0 Å². The van der Waals surface area contributed by atoms with Crippen molar-refractivity contribution in [3.63, 3.8) is 0 Å². The van der Waals surface area contributed by atoms with E-state index in [2.05, 4.69) is 28.9 Å². The molecule has 3 aromatic rings. The molecule has 9 nitrogen and oxygen atoms in total. The van der Waals surface area contributed by atoms with Crippen LogP contribution in [-0.2, 0) is 22.6 Å². The molecule has 1 fully saturated rings. The molecule has 0 saturated carbocycles. The number of likely N-dealkylation sites (tertiary alicyclic amines) is 1. The summed E-state index contributed by atoms with van der Waals surface area (Å²) in [4.78, 5) is 54.9. The lowest BCUT2D eigenvalue weighted by Gasteiger charge is -2.24. The SMILES string of the molecule is CCCCN(Cc1cccc(-c2ccc(C(=O)NC3CCCCN(CC(=O)NCCc4ccc(Cl)cc4)C3=O)cc2)c1)C(=O)NC. The first kappa shape index (κ1) is 34.5. The van der Waals surface area contributed by atoms with E-state index >= 15 is 0 Å². The highest BCUT2D eigenvalue weighted by atomic mass is 35.5. The van der Waals surface area contributed by atoms with E-state index in [4.69, 9.17) is 11.6 Å². The average Bonchev–Trinajstić information content (AvgIpc) is 3.24. The van der Waals surface area contributed by atoms with Crippen molar-refractivity contribution in [1.82, 2.24) is 25.8 Å². The number of hydrogen-bond donors (Lipinski definition) is 3. The molecule has 0 bridgehead atoms. The van der Waals surface area contributed by atoms with E-state index in [1.807, 2.05) is 54.6 Å². The Morgan fingerprint density at radius 2 is 1.72 bits per heavy atom. The van der Waals surface area contributed by atoms with Crippen molar-refractivity contribution in [2.45, 2.75) is 58.0 Å². The van der Waals surface area contributed by atoms with Gasteiger partial charge in [0.05, 0.1) is 6.54 Å². The van der Waals surface area contributed by atoms with Gasteiger partial charge in [0, 0.05) is 43.8 Å². The van der Waals surface area contributed by atoms with Gasteiger partial charge in [0.2, 0.25) is 11.8 Å². The Hall–Kier alpha value is -4.37. The monoisotopic (exact) mass is 645 g/mol. The van der Waals surface area contributed by atoms with Crippen LogP contribution in [0.25, 0.3) is 11.1 Å². The van der Waals surface area contributed by atoms with E-state index in [0.29, 0.717) is 49.6 Å². The molecule has 0 aliphatic carbocycles. The fourth-order valence-corrected chi connectivity index (χ4v) is 5.63. The second-order valence-corrected chi connectivity index (χ2v) is 12.1. The number of unbranched alkanes of at least 4 members (excludes halogenated alkanes) is 1. The van der Waals surface area contributed by atoms with Gasteiger partial charge in [0.1, 0.15) is 6.04 Å². The van der Waals surface area contributed by atoms with Gasteiger partial charge in [-0.1, -0.05) is 67.4 Å². The number of halogens is 1. The third kappa shape index (κ3) is 10.1. The lowest BCUT2D eigenvalue weighted by atomic mass is 10.0. The lowest BCUT2D eigenvalue weighted by Crippen LogP contribution is -2.50. The Labute approximate surface area is 276 Å². The predicted octanol–water partition coefficient (Wildman–Crippen LogP) is 5.42. The van der Waals surface area contributed by atoms with Crippen molar-refractivity contribution in [2.24, 2.45) is 0 Å². The summed E-state index contributed by atoms with van der Waals surface area (Å²) in [6, 6.07) is 22.0. The van der Waals surface area contributed by atoms with E-state index < -0.39 is 6.04 Å². The number of benzene rings is 3. The van der Waals surface area contributed by atoms with E-state index in [1.54, 1.807) is 29.0 Å². The molecule has 1 aliphatic heterocycles. The topological polar surface area (TPSA) is 111 Å². The van der Waals surface area contributed by atoms with Gasteiger partial charge >= 0.3 is 6.03 Å². The van der Waals surface area contributed by atoms with Crippen LogP contribution in [0, 0.1) is 0 Å². The molecule has 1 heterocycles. The Morgan fingerprint density at radius 1 is 0.957 bits per heavy atom. The first-order valence-electron chi connectivity index (χ1n) is 16.0. The maximum Gasteiger partial charge on any atom is 0.317 e. The number of nitrogens with zero attached hydrogens (tertiary/aromatic N) is 2. The van der Waals surface area contributed by atoms with Gasteiger partial charge in [-0.3, -0.25) is 14.4 Å². The summed E-state index contributed by atoms with van der Waals surface area (Å²) in [5.41, 5.74) is 4.46. The molecule has 0 radical (unpaired) electrons. The molecule has 46 heavy (non-hydrogen) atoms. The van der Waals surface area contributed by atoms with Gasteiger partial charge < -0.3 is 25.8 Å². The summed E-state index contributed by atoms with van der Waals surface area (Å²) < 4.78 is 0. The number of amides is 5. The maximum atomic E-state index is 13.3. The molecule has 1 saturated heterocycles. The van der Waals surface area contributed by atoms with Crippen molar-refractivity contribution >= 4 is 35.4 Å².